The highest BCUT2D eigenvalue weighted by Crippen LogP contribution is 2.34. The van der Waals surface area contributed by atoms with E-state index in [1.807, 2.05) is 73.7 Å². The van der Waals surface area contributed by atoms with Gasteiger partial charge in [0.05, 0.1) is 18.0 Å². The Morgan fingerprint density at radius 1 is 0.889 bits per heavy atom. The lowest BCUT2D eigenvalue weighted by atomic mass is 10.3. The van der Waals surface area contributed by atoms with Crippen molar-refractivity contribution in [2.24, 2.45) is 0 Å². The third-order valence-corrected chi connectivity index (χ3v) is 6.05. The predicted octanol–water partition coefficient (Wildman–Crippen LogP) is 5.97. The van der Waals surface area contributed by atoms with Crippen LogP contribution in [0, 0.1) is 0 Å². The molecule has 0 aliphatic carbocycles. The SMILES string of the molecule is COc1ccc(SC(C)C(=O)Nc2ccccc2Sc2ccccc2)cc1. The first-order chi connectivity index (χ1) is 13.2. The first kappa shape index (κ1) is 19.4. The molecule has 138 valence electrons. The average molecular weight is 396 g/mol. The Morgan fingerprint density at radius 2 is 1.56 bits per heavy atom. The first-order valence-electron chi connectivity index (χ1n) is 8.59. The molecule has 3 nitrogen and oxygen atoms in total. The molecule has 5 heteroatoms. The number of anilines is 1. The van der Waals surface area contributed by atoms with Crippen LogP contribution in [-0.2, 0) is 4.79 Å². The Morgan fingerprint density at radius 3 is 2.26 bits per heavy atom. The number of carbonyl (C=O) groups is 1. The van der Waals surface area contributed by atoms with Gasteiger partial charge in [0.25, 0.3) is 0 Å². The van der Waals surface area contributed by atoms with E-state index in [2.05, 4.69) is 17.4 Å². The molecule has 3 rings (SSSR count). The number of amides is 1. The van der Waals surface area contributed by atoms with Crippen LogP contribution in [0.1, 0.15) is 6.92 Å². The molecule has 0 radical (unpaired) electrons. The molecule has 1 N–H and O–H groups in total. The summed E-state index contributed by atoms with van der Waals surface area (Å²) in [6, 6.07) is 25.8. The number of hydrogen-bond donors (Lipinski definition) is 1. The van der Waals surface area contributed by atoms with Crippen molar-refractivity contribution in [1.82, 2.24) is 0 Å². The van der Waals surface area contributed by atoms with Crippen LogP contribution in [0.2, 0.25) is 0 Å². The number of methoxy groups -OCH3 is 1. The number of thioether (sulfide) groups is 1. The first-order valence-corrected chi connectivity index (χ1v) is 10.3. The number of rotatable bonds is 7. The maximum absolute atomic E-state index is 12.7. The molecule has 1 unspecified atom stereocenters. The summed E-state index contributed by atoms with van der Waals surface area (Å²) in [7, 11) is 1.64. The van der Waals surface area contributed by atoms with Crippen LogP contribution in [-0.4, -0.2) is 18.3 Å². The number of para-hydroxylation sites is 1. The van der Waals surface area contributed by atoms with Crippen molar-refractivity contribution in [3.8, 4) is 5.75 Å². The number of ether oxygens (including phenoxy) is 1. The lowest BCUT2D eigenvalue weighted by Gasteiger charge is -2.15. The van der Waals surface area contributed by atoms with Crippen LogP contribution >= 0.6 is 23.5 Å². The van der Waals surface area contributed by atoms with E-state index in [-0.39, 0.29) is 11.2 Å². The van der Waals surface area contributed by atoms with Crippen LogP contribution in [0.5, 0.6) is 5.75 Å². The topological polar surface area (TPSA) is 38.3 Å². The van der Waals surface area contributed by atoms with E-state index in [9.17, 15) is 4.79 Å². The molecule has 0 bridgehead atoms. The van der Waals surface area contributed by atoms with Crippen molar-refractivity contribution in [3.05, 3.63) is 78.9 Å². The molecule has 0 saturated heterocycles. The minimum atomic E-state index is -0.215. The third-order valence-electron chi connectivity index (χ3n) is 3.86. The highest BCUT2D eigenvalue weighted by Gasteiger charge is 2.16. The fourth-order valence-corrected chi connectivity index (χ4v) is 4.21. The van der Waals surface area contributed by atoms with Gasteiger partial charge in [-0.05, 0) is 55.5 Å². The molecule has 0 aliphatic heterocycles. The van der Waals surface area contributed by atoms with Crippen molar-refractivity contribution in [2.45, 2.75) is 26.9 Å². The molecule has 0 aliphatic rings. The van der Waals surface area contributed by atoms with Crippen molar-refractivity contribution < 1.29 is 9.53 Å². The summed E-state index contributed by atoms with van der Waals surface area (Å²) in [5.41, 5.74) is 0.832. The number of nitrogens with one attached hydrogen (secondary N) is 1. The second-order valence-corrected chi connectivity index (χ2v) is 8.37. The molecule has 0 fully saturated rings. The van der Waals surface area contributed by atoms with E-state index >= 15 is 0 Å². The Hall–Kier alpha value is -2.37. The molecule has 3 aromatic rings. The smallest absolute Gasteiger partial charge is 0.237 e. The van der Waals surface area contributed by atoms with E-state index in [4.69, 9.17) is 4.74 Å². The van der Waals surface area contributed by atoms with Gasteiger partial charge in [0.1, 0.15) is 5.75 Å². The summed E-state index contributed by atoms with van der Waals surface area (Å²) in [6.07, 6.45) is 0. The molecule has 0 spiro atoms. The summed E-state index contributed by atoms with van der Waals surface area (Å²) in [6.45, 7) is 1.91. The second-order valence-electron chi connectivity index (χ2n) is 5.84. The van der Waals surface area contributed by atoms with Gasteiger partial charge in [0.2, 0.25) is 5.91 Å². The number of benzene rings is 3. The van der Waals surface area contributed by atoms with E-state index in [1.165, 1.54) is 11.8 Å². The highest BCUT2D eigenvalue weighted by atomic mass is 32.2. The Balaban J connectivity index is 1.66. The second kappa shape index (κ2) is 9.53. The van der Waals surface area contributed by atoms with Crippen LogP contribution in [0.4, 0.5) is 5.69 Å². The van der Waals surface area contributed by atoms with Crippen LogP contribution in [0.25, 0.3) is 0 Å². The van der Waals surface area contributed by atoms with Gasteiger partial charge >= 0.3 is 0 Å². The monoisotopic (exact) mass is 395 g/mol. The molecule has 0 saturated carbocycles. The zero-order chi connectivity index (χ0) is 19.1. The highest BCUT2D eigenvalue weighted by molar-refractivity contribution is 8.00. The Kier molecular flexibility index (Phi) is 6.85. The summed E-state index contributed by atoms with van der Waals surface area (Å²) in [4.78, 5) is 15.9. The van der Waals surface area contributed by atoms with E-state index in [0.717, 1.165) is 26.1 Å². The fraction of sp³-hybridized carbons (Fsp3) is 0.136. The van der Waals surface area contributed by atoms with Crippen LogP contribution < -0.4 is 10.1 Å². The van der Waals surface area contributed by atoms with Crippen molar-refractivity contribution >= 4 is 35.1 Å². The molecular formula is C22H21NO2S2. The normalized spacial score (nSPS) is 11.6. The maximum atomic E-state index is 12.7. The van der Waals surface area contributed by atoms with Gasteiger partial charge in [-0.1, -0.05) is 42.1 Å². The van der Waals surface area contributed by atoms with Gasteiger partial charge in [0.15, 0.2) is 0 Å². The number of hydrogen-bond acceptors (Lipinski definition) is 4. The van der Waals surface area contributed by atoms with Crippen molar-refractivity contribution in [2.75, 3.05) is 12.4 Å². The largest absolute Gasteiger partial charge is 0.497 e. The van der Waals surface area contributed by atoms with Gasteiger partial charge in [-0.25, -0.2) is 0 Å². The van der Waals surface area contributed by atoms with Gasteiger partial charge in [0, 0.05) is 14.7 Å². The Labute approximate surface area is 168 Å². The standard InChI is InChI=1S/C22H21NO2S2/c1-16(26-19-14-12-17(25-2)13-15-19)22(24)23-20-10-6-7-11-21(20)27-18-8-4-3-5-9-18/h3-16H,1-2H3,(H,23,24). The lowest BCUT2D eigenvalue weighted by molar-refractivity contribution is -0.115. The maximum Gasteiger partial charge on any atom is 0.237 e. The summed E-state index contributed by atoms with van der Waals surface area (Å²) in [5, 5.41) is 2.85. The van der Waals surface area contributed by atoms with Crippen LogP contribution in [0.3, 0.4) is 0 Å². The summed E-state index contributed by atoms with van der Waals surface area (Å²) < 4.78 is 5.17. The lowest BCUT2D eigenvalue weighted by Crippen LogP contribution is -2.22. The zero-order valence-electron chi connectivity index (χ0n) is 15.2. The molecule has 0 heterocycles. The van der Waals surface area contributed by atoms with Crippen molar-refractivity contribution in [1.29, 1.82) is 0 Å². The Bertz CT molecular complexity index is 882. The molecular weight excluding hydrogens is 374 g/mol. The van der Waals surface area contributed by atoms with Gasteiger partial charge in [-0.3, -0.25) is 4.79 Å². The summed E-state index contributed by atoms with van der Waals surface area (Å²) in [5.74, 6) is 0.792. The summed E-state index contributed by atoms with van der Waals surface area (Å²) >= 11 is 3.17. The molecule has 0 aromatic heterocycles. The molecule has 3 aromatic carbocycles. The van der Waals surface area contributed by atoms with E-state index in [1.54, 1.807) is 18.9 Å². The minimum Gasteiger partial charge on any atom is -0.497 e. The zero-order valence-corrected chi connectivity index (χ0v) is 16.8. The minimum absolute atomic E-state index is 0.0167. The third kappa shape index (κ3) is 5.55. The van der Waals surface area contributed by atoms with E-state index in [0.29, 0.717) is 0 Å². The molecule has 1 atom stereocenters. The van der Waals surface area contributed by atoms with Gasteiger partial charge < -0.3 is 10.1 Å². The average Bonchev–Trinajstić information content (AvgIpc) is 2.71. The van der Waals surface area contributed by atoms with E-state index < -0.39 is 0 Å². The van der Waals surface area contributed by atoms with Crippen molar-refractivity contribution in [3.63, 3.8) is 0 Å². The van der Waals surface area contributed by atoms with Gasteiger partial charge in [-0.2, -0.15) is 0 Å². The van der Waals surface area contributed by atoms with Crippen LogP contribution in [0.15, 0.2) is 93.5 Å². The number of carbonyl (C=O) groups excluding carboxylic acids is 1. The predicted molar refractivity (Wildman–Crippen MR) is 114 cm³/mol. The van der Waals surface area contributed by atoms with Gasteiger partial charge in [-0.15, -0.1) is 11.8 Å². The quantitative estimate of drug-likeness (QED) is 0.501. The fourth-order valence-electron chi connectivity index (χ4n) is 2.42. The molecule has 1 amide bonds. The molecule has 27 heavy (non-hydrogen) atoms.